The molecule has 0 radical (unpaired) electrons. The molecule has 27 heavy (non-hydrogen) atoms. The van der Waals surface area contributed by atoms with E-state index in [1.54, 1.807) is 0 Å². The van der Waals surface area contributed by atoms with E-state index in [0.717, 1.165) is 57.2 Å². The normalized spacial score (nSPS) is 15.6. The number of anilines is 3. The molecule has 0 bridgehead atoms. The molecule has 0 aliphatic carbocycles. The topological polar surface area (TPSA) is 62.3 Å². The molecular formula is C18H22F3N5O. The van der Waals surface area contributed by atoms with E-state index in [1.165, 1.54) is 12.1 Å². The van der Waals surface area contributed by atoms with Crippen LogP contribution >= 0.6 is 0 Å². The van der Waals surface area contributed by atoms with Crippen LogP contribution in [0.1, 0.15) is 11.3 Å². The molecule has 9 heteroatoms. The van der Waals surface area contributed by atoms with E-state index in [9.17, 15) is 13.2 Å². The Balaban J connectivity index is 1.59. The summed E-state index contributed by atoms with van der Waals surface area (Å²) in [6.07, 6.45) is -4.35. The Morgan fingerprint density at radius 3 is 2.48 bits per heavy atom. The van der Waals surface area contributed by atoms with Crippen molar-refractivity contribution in [3.05, 3.63) is 41.6 Å². The molecule has 2 heterocycles. The predicted octanol–water partition coefficient (Wildman–Crippen LogP) is 3.29. The average molecular weight is 381 g/mol. The molecule has 0 atom stereocenters. The number of morpholine rings is 1. The Morgan fingerprint density at radius 2 is 1.81 bits per heavy atom. The lowest BCUT2D eigenvalue weighted by Gasteiger charge is -2.26. The molecule has 0 unspecified atom stereocenters. The van der Waals surface area contributed by atoms with Crippen LogP contribution in [0.3, 0.4) is 0 Å². The van der Waals surface area contributed by atoms with Crippen molar-refractivity contribution in [2.45, 2.75) is 13.1 Å². The van der Waals surface area contributed by atoms with Crippen molar-refractivity contribution in [1.29, 1.82) is 0 Å². The lowest BCUT2D eigenvalue weighted by molar-refractivity contribution is -0.137. The number of nitrogens with zero attached hydrogens (tertiary/aromatic N) is 3. The van der Waals surface area contributed by atoms with Crippen LogP contribution in [0.25, 0.3) is 0 Å². The molecule has 2 N–H and O–H groups in total. The number of ether oxygens (including phenoxy) is 1. The van der Waals surface area contributed by atoms with Crippen LogP contribution in [0, 0.1) is 6.92 Å². The summed E-state index contributed by atoms with van der Waals surface area (Å²) < 4.78 is 43.2. The second-order valence-electron chi connectivity index (χ2n) is 6.30. The fourth-order valence-corrected chi connectivity index (χ4v) is 2.75. The molecule has 1 aromatic carbocycles. The summed E-state index contributed by atoms with van der Waals surface area (Å²) in [5.74, 6) is 1.01. The van der Waals surface area contributed by atoms with Crippen LogP contribution in [0.5, 0.6) is 0 Å². The van der Waals surface area contributed by atoms with Crippen LogP contribution in [0.4, 0.5) is 30.6 Å². The third-order valence-corrected chi connectivity index (χ3v) is 4.16. The molecule has 2 aromatic rings. The minimum absolute atomic E-state index is 0.337. The van der Waals surface area contributed by atoms with Gasteiger partial charge in [0.2, 0.25) is 5.95 Å². The van der Waals surface area contributed by atoms with Gasteiger partial charge in [-0.05, 0) is 31.2 Å². The van der Waals surface area contributed by atoms with Gasteiger partial charge in [0, 0.05) is 43.6 Å². The van der Waals surface area contributed by atoms with E-state index in [4.69, 9.17) is 4.74 Å². The molecule has 1 aromatic heterocycles. The number of hydrogen-bond acceptors (Lipinski definition) is 6. The number of rotatable bonds is 6. The van der Waals surface area contributed by atoms with Crippen molar-refractivity contribution in [2.75, 3.05) is 50.0 Å². The first-order valence-electron chi connectivity index (χ1n) is 8.74. The molecule has 0 spiro atoms. The first-order valence-corrected chi connectivity index (χ1v) is 8.74. The largest absolute Gasteiger partial charge is 0.416 e. The van der Waals surface area contributed by atoms with Crippen LogP contribution in [0.2, 0.25) is 0 Å². The second kappa shape index (κ2) is 8.53. The highest BCUT2D eigenvalue weighted by atomic mass is 19.4. The molecule has 6 nitrogen and oxygen atoms in total. The van der Waals surface area contributed by atoms with Crippen LogP contribution in [-0.4, -0.2) is 54.3 Å². The Kier molecular flexibility index (Phi) is 6.12. The summed E-state index contributed by atoms with van der Waals surface area (Å²) >= 11 is 0. The third kappa shape index (κ3) is 5.80. The number of aryl methyl sites for hydroxylation is 1. The third-order valence-electron chi connectivity index (χ3n) is 4.16. The van der Waals surface area contributed by atoms with Gasteiger partial charge in [-0.3, -0.25) is 4.90 Å². The lowest BCUT2D eigenvalue weighted by Crippen LogP contribution is -2.39. The number of aromatic nitrogens is 2. The van der Waals surface area contributed by atoms with Gasteiger partial charge in [0.15, 0.2) is 0 Å². The zero-order valence-corrected chi connectivity index (χ0v) is 15.0. The second-order valence-corrected chi connectivity index (χ2v) is 6.30. The number of benzene rings is 1. The van der Waals surface area contributed by atoms with Crippen molar-refractivity contribution in [3.8, 4) is 0 Å². The first-order chi connectivity index (χ1) is 12.9. The van der Waals surface area contributed by atoms with Gasteiger partial charge >= 0.3 is 6.18 Å². The highest BCUT2D eigenvalue weighted by molar-refractivity contribution is 5.55. The highest BCUT2D eigenvalue weighted by Gasteiger charge is 2.29. The van der Waals surface area contributed by atoms with Crippen molar-refractivity contribution in [1.82, 2.24) is 14.9 Å². The molecule has 1 aliphatic rings. The highest BCUT2D eigenvalue weighted by Crippen LogP contribution is 2.30. The van der Waals surface area contributed by atoms with E-state index in [2.05, 4.69) is 25.5 Å². The summed E-state index contributed by atoms with van der Waals surface area (Å²) in [5.41, 5.74) is 0.560. The van der Waals surface area contributed by atoms with E-state index in [0.29, 0.717) is 17.5 Å². The molecule has 0 amide bonds. The van der Waals surface area contributed by atoms with Gasteiger partial charge in [0.25, 0.3) is 0 Å². The molecular weight excluding hydrogens is 359 g/mol. The number of nitrogens with one attached hydrogen (secondary N) is 2. The molecule has 1 saturated heterocycles. The summed E-state index contributed by atoms with van der Waals surface area (Å²) in [6, 6.07) is 6.61. The summed E-state index contributed by atoms with van der Waals surface area (Å²) in [5, 5.41) is 6.21. The van der Waals surface area contributed by atoms with Crippen molar-refractivity contribution < 1.29 is 17.9 Å². The SMILES string of the molecule is Cc1cc(NCCN2CCOCC2)nc(Nc2ccc(C(F)(F)F)cc2)n1. The summed E-state index contributed by atoms with van der Waals surface area (Å²) in [4.78, 5) is 11.0. The maximum Gasteiger partial charge on any atom is 0.416 e. The lowest BCUT2D eigenvalue weighted by atomic mass is 10.2. The zero-order chi connectivity index (χ0) is 19.3. The van der Waals surface area contributed by atoms with Gasteiger partial charge in [-0.25, -0.2) is 4.98 Å². The zero-order valence-electron chi connectivity index (χ0n) is 15.0. The van der Waals surface area contributed by atoms with Gasteiger partial charge in [0.05, 0.1) is 18.8 Å². The van der Waals surface area contributed by atoms with Gasteiger partial charge in [0.1, 0.15) is 5.82 Å². The molecule has 1 fully saturated rings. The molecule has 3 rings (SSSR count). The Labute approximate surface area is 155 Å². The van der Waals surface area contributed by atoms with E-state index < -0.39 is 11.7 Å². The van der Waals surface area contributed by atoms with Gasteiger partial charge in [-0.1, -0.05) is 0 Å². The Bertz CT molecular complexity index is 746. The standard InChI is InChI=1S/C18H22F3N5O/c1-13-12-16(22-6-7-26-8-10-27-11-9-26)25-17(23-13)24-15-4-2-14(3-5-15)18(19,20)21/h2-5,12H,6-11H2,1H3,(H2,22,23,24,25). The van der Waals surface area contributed by atoms with Gasteiger partial charge < -0.3 is 15.4 Å². The molecule has 1 aliphatic heterocycles. The Morgan fingerprint density at radius 1 is 1.11 bits per heavy atom. The fraction of sp³-hybridized carbons (Fsp3) is 0.444. The molecule has 0 saturated carbocycles. The minimum atomic E-state index is -4.35. The van der Waals surface area contributed by atoms with Gasteiger partial charge in [-0.15, -0.1) is 0 Å². The predicted molar refractivity (Wildman–Crippen MR) is 97.2 cm³/mol. The van der Waals surface area contributed by atoms with Crippen LogP contribution in [-0.2, 0) is 10.9 Å². The van der Waals surface area contributed by atoms with E-state index in [-0.39, 0.29) is 0 Å². The van der Waals surface area contributed by atoms with Crippen LogP contribution < -0.4 is 10.6 Å². The van der Waals surface area contributed by atoms with Crippen molar-refractivity contribution in [3.63, 3.8) is 0 Å². The van der Waals surface area contributed by atoms with Crippen LogP contribution in [0.15, 0.2) is 30.3 Å². The fourth-order valence-electron chi connectivity index (χ4n) is 2.75. The maximum atomic E-state index is 12.6. The number of halogens is 3. The van der Waals surface area contributed by atoms with E-state index in [1.807, 2.05) is 13.0 Å². The number of hydrogen-bond donors (Lipinski definition) is 2. The van der Waals surface area contributed by atoms with Gasteiger partial charge in [-0.2, -0.15) is 18.2 Å². The van der Waals surface area contributed by atoms with Crippen molar-refractivity contribution in [2.24, 2.45) is 0 Å². The summed E-state index contributed by atoms with van der Waals surface area (Å²) in [6.45, 7) is 6.81. The number of alkyl halides is 3. The summed E-state index contributed by atoms with van der Waals surface area (Å²) in [7, 11) is 0. The maximum absolute atomic E-state index is 12.6. The Hall–Kier alpha value is -2.39. The van der Waals surface area contributed by atoms with Crippen molar-refractivity contribution >= 4 is 17.5 Å². The molecule has 146 valence electrons. The smallest absolute Gasteiger partial charge is 0.379 e. The monoisotopic (exact) mass is 381 g/mol. The first kappa shape index (κ1) is 19.4. The average Bonchev–Trinajstić information content (AvgIpc) is 2.62. The van der Waals surface area contributed by atoms with E-state index >= 15 is 0 Å². The minimum Gasteiger partial charge on any atom is -0.379 e. The quantitative estimate of drug-likeness (QED) is 0.801.